The largest absolute Gasteiger partial charge is 0.312 e. The van der Waals surface area contributed by atoms with Crippen LogP contribution in [0.1, 0.15) is 10.4 Å². The van der Waals surface area contributed by atoms with E-state index in [2.05, 4.69) is 10.2 Å². The van der Waals surface area contributed by atoms with E-state index in [1.54, 1.807) is 22.8 Å². The zero-order valence-corrected chi connectivity index (χ0v) is 9.61. The van der Waals surface area contributed by atoms with Crippen LogP contribution in [0.4, 0.5) is 0 Å². The summed E-state index contributed by atoms with van der Waals surface area (Å²) < 4.78 is 1.58. The van der Waals surface area contributed by atoms with Gasteiger partial charge in [0, 0.05) is 10.6 Å². The molecule has 1 aromatic carbocycles. The minimum Gasteiger partial charge on any atom is -0.312 e. The number of hydrogen-bond acceptors (Lipinski definition) is 3. The molecule has 0 bridgehead atoms. The van der Waals surface area contributed by atoms with Crippen LogP contribution in [-0.2, 0) is 6.54 Å². The third-order valence-corrected chi connectivity index (χ3v) is 2.57. The van der Waals surface area contributed by atoms with E-state index < -0.39 is 0 Å². The maximum absolute atomic E-state index is 11.8. The van der Waals surface area contributed by atoms with Crippen molar-refractivity contribution in [2.75, 3.05) is 0 Å². The van der Waals surface area contributed by atoms with Crippen molar-refractivity contribution in [3.05, 3.63) is 46.5 Å². The molecule has 0 saturated heterocycles. The molecule has 0 N–H and O–H groups in total. The molecule has 0 spiro atoms. The monoisotopic (exact) mass is 255 g/mol. The summed E-state index contributed by atoms with van der Waals surface area (Å²) in [6, 6.07) is 4.78. The first-order valence-electron chi connectivity index (χ1n) is 4.47. The van der Waals surface area contributed by atoms with Crippen molar-refractivity contribution in [2.24, 2.45) is 0 Å². The Morgan fingerprint density at radius 3 is 2.56 bits per heavy atom. The van der Waals surface area contributed by atoms with Gasteiger partial charge < -0.3 is 4.57 Å². The Balaban J connectivity index is 2.21. The number of ketones is 1. The fourth-order valence-corrected chi connectivity index (χ4v) is 1.78. The van der Waals surface area contributed by atoms with Gasteiger partial charge in [-0.15, -0.1) is 10.2 Å². The van der Waals surface area contributed by atoms with E-state index in [-0.39, 0.29) is 12.3 Å². The van der Waals surface area contributed by atoms with Crippen molar-refractivity contribution in [1.82, 2.24) is 14.8 Å². The van der Waals surface area contributed by atoms with Gasteiger partial charge >= 0.3 is 0 Å². The molecule has 2 aromatic rings. The second kappa shape index (κ2) is 4.63. The number of Topliss-reactive ketones (excluding diaryl/α,β-unsaturated/α-hetero) is 1. The summed E-state index contributed by atoms with van der Waals surface area (Å²) in [5.41, 5.74) is 0.444. The van der Waals surface area contributed by atoms with Gasteiger partial charge in [0.05, 0.1) is 11.6 Å². The van der Waals surface area contributed by atoms with E-state index in [1.165, 1.54) is 12.7 Å². The lowest BCUT2D eigenvalue weighted by atomic mass is 10.1. The van der Waals surface area contributed by atoms with Crippen LogP contribution >= 0.6 is 23.2 Å². The average Bonchev–Trinajstić information content (AvgIpc) is 2.70. The molecule has 1 heterocycles. The zero-order valence-electron chi connectivity index (χ0n) is 8.10. The Kier molecular flexibility index (Phi) is 3.22. The lowest BCUT2D eigenvalue weighted by Crippen LogP contribution is -2.09. The number of benzene rings is 1. The second-order valence-electron chi connectivity index (χ2n) is 3.18. The number of carbonyl (C=O) groups is 1. The van der Waals surface area contributed by atoms with Gasteiger partial charge in [-0.25, -0.2) is 0 Å². The van der Waals surface area contributed by atoms with Crippen molar-refractivity contribution in [3.8, 4) is 0 Å². The van der Waals surface area contributed by atoms with Crippen molar-refractivity contribution >= 4 is 29.0 Å². The molecule has 0 saturated carbocycles. The molecule has 1 aromatic heterocycles. The standard InChI is InChI=1S/C10H7Cl2N3O/c11-7-1-2-8(9(12)3-7)10(16)4-15-5-13-14-6-15/h1-3,5-6H,4H2. The molecule has 0 atom stereocenters. The highest BCUT2D eigenvalue weighted by atomic mass is 35.5. The Morgan fingerprint density at radius 2 is 1.94 bits per heavy atom. The predicted molar refractivity (Wildman–Crippen MR) is 60.8 cm³/mol. The smallest absolute Gasteiger partial charge is 0.184 e. The molecule has 0 aliphatic carbocycles. The average molecular weight is 256 g/mol. The van der Waals surface area contributed by atoms with Gasteiger partial charge in [-0.2, -0.15) is 0 Å². The maximum atomic E-state index is 11.8. The fraction of sp³-hybridized carbons (Fsp3) is 0.100. The van der Waals surface area contributed by atoms with Crippen molar-refractivity contribution in [1.29, 1.82) is 0 Å². The summed E-state index contributed by atoms with van der Waals surface area (Å²) in [4.78, 5) is 11.8. The SMILES string of the molecule is O=C(Cn1cnnc1)c1ccc(Cl)cc1Cl. The van der Waals surface area contributed by atoms with E-state index in [9.17, 15) is 4.79 Å². The Hall–Kier alpha value is -1.39. The summed E-state index contributed by atoms with van der Waals surface area (Å²) in [5.74, 6) is -0.110. The molecular weight excluding hydrogens is 249 g/mol. The van der Waals surface area contributed by atoms with Gasteiger partial charge in [0.25, 0.3) is 0 Å². The quantitative estimate of drug-likeness (QED) is 0.792. The fourth-order valence-electron chi connectivity index (χ4n) is 1.27. The van der Waals surface area contributed by atoms with Gasteiger partial charge in [-0.3, -0.25) is 4.79 Å². The van der Waals surface area contributed by atoms with Gasteiger partial charge in [-0.1, -0.05) is 23.2 Å². The van der Waals surface area contributed by atoms with E-state index in [0.717, 1.165) is 0 Å². The van der Waals surface area contributed by atoms with Crippen molar-refractivity contribution in [3.63, 3.8) is 0 Å². The third-order valence-electron chi connectivity index (χ3n) is 2.02. The number of rotatable bonds is 3. The number of aromatic nitrogens is 3. The Morgan fingerprint density at radius 1 is 1.25 bits per heavy atom. The van der Waals surface area contributed by atoms with Crippen LogP contribution in [-0.4, -0.2) is 20.5 Å². The second-order valence-corrected chi connectivity index (χ2v) is 4.03. The highest BCUT2D eigenvalue weighted by molar-refractivity contribution is 6.36. The van der Waals surface area contributed by atoms with Gasteiger partial charge in [0.15, 0.2) is 5.78 Å². The first kappa shape index (κ1) is 11.1. The molecule has 16 heavy (non-hydrogen) atoms. The molecule has 0 amide bonds. The van der Waals surface area contributed by atoms with Gasteiger partial charge in [0.2, 0.25) is 0 Å². The van der Waals surface area contributed by atoms with Crippen LogP contribution in [0, 0.1) is 0 Å². The summed E-state index contributed by atoms with van der Waals surface area (Å²) in [5, 5.41) is 8.08. The van der Waals surface area contributed by atoms with E-state index in [4.69, 9.17) is 23.2 Å². The molecule has 0 fully saturated rings. The topological polar surface area (TPSA) is 47.8 Å². The predicted octanol–water partition coefficient (Wildman–Crippen LogP) is 2.47. The molecule has 82 valence electrons. The number of nitrogens with zero attached hydrogens (tertiary/aromatic N) is 3. The van der Waals surface area contributed by atoms with Crippen molar-refractivity contribution < 1.29 is 4.79 Å². The van der Waals surface area contributed by atoms with Crippen LogP contribution in [0.3, 0.4) is 0 Å². The van der Waals surface area contributed by atoms with Gasteiger partial charge in [-0.05, 0) is 18.2 Å². The molecule has 0 aliphatic heterocycles. The number of hydrogen-bond donors (Lipinski definition) is 0. The minimum atomic E-state index is -0.110. The lowest BCUT2D eigenvalue weighted by molar-refractivity contribution is 0.0972. The van der Waals surface area contributed by atoms with Crippen LogP contribution in [0.2, 0.25) is 10.0 Å². The van der Waals surface area contributed by atoms with E-state index in [0.29, 0.717) is 15.6 Å². The molecule has 4 nitrogen and oxygen atoms in total. The minimum absolute atomic E-state index is 0.110. The van der Waals surface area contributed by atoms with Gasteiger partial charge in [0.1, 0.15) is 12.7 Å². The summed E-state index contributed by atoms with van der Waals surface area (Å²) in [6.45, 7) is 0.161. The molecule has 0 unspecified atom stereocenters. The van der Waals surface area contributed by atoms with Crippen LogP contribution in [0.5, 0.6) is 0 Å². The first-order valence-corrected chi connectivity index (χ1v) is 5.23. The maximum Gasteiger partial charge on any atom is 0.184 e. The lowest BCUT2D eigenvalue weighted by Gasteiger charge is -2.03. The zero-order chi connectivity index (χ0) is 11.5. The Bertz CT molecular complexity index is 511. The third kappa shape index (κ3) is 2.40. The van der Waals surface area contributed by atoms with E-state index >= 15 is 0 Å². The number of carbonyl (C=O) groups excluding carboxylic acids is 1. The summed E-state index contributed by atoms with van der Waals surface area (Å²) in [7, 11) is 0. The molecule has 0 aliphatic rings. The van der Waals surface area contributed by atoms with Crippen LogP contribution in [0.15, 0.2) is 30.9 Å². The van der Waals surface area contributed by atoms with Crippen LogP contribution < -0.4 is 0 Å². The molecule has 2 rings (SSSR count). The Labute approximate surface area is 102 Å². The normalized spacial score (nSPS) is 10.4. The molecular formula is C10H7Cl2N3O. The number of halogens is 2. The highest BCUT2D eigenvalue weighted by Gasteiger charge is 2.11. The first-order chi connectivity index (χ1) is 7.66. The summed E-state index contributed by atoms with van der Waals surface area (Å²) >= 11 is 11.7. The highest BCUT2D eigenvalue weighted by Crippen LogP contribution is 2.21. The van der Waals surface area contributed by atoms with Crippen LogP contribution in [0.25, 0.3) is 0 Å². The molecule has 6 heteroatoms. The molecule has 0 radical (unpaired) electrons. The van der Waals surface area contributed by atoms with Crippen molar-refractivity contribution in [2.45, 2.75) is 6.54 Å². The van der Waals surface area contributed by atoms with E-state index in [1.807, 2.05) is 0 Å². The summed E-state index contributed by atoms with van der Waals surface area (Å²) in [6.07, 6.45) is 2.95.